The Morgan fingerprint density at radius 2 is 1.73 bits per heavy atom. The van der Waals surface area contributed by atoms with Crippen molar-refractivity contribution in [3.63, 3.8) is 0 Å². The summed E-state index contributed by atoms with van der Waals surface area (Å²) in [6, 6.07) is 15.5. The Hall–Kier alpha value is -3.02. The van der Waals surface area contributed by atoms with E-state index >= 15 is 0 Å². The molecular weight excluding hydrogens is 328 g/mol. The summed E-state index contributed by atoms with van der Waals surface area (Å²) in [7, 11) is 1.62. The maximum Gasteiger partial charge on any atom is 0.259 e. The molecule has 0 atom stereocenters. The Bertz CT molecular complexity index is 708. The molecule has 0 aliphatic rings. The molecule has 1 amide bonds. The number of hydrogen-bond acceptors (Lipinski definition) is 5. The van der Waals surface area contributed by atoms with Gasteiger partial charge in [0.15, 0.2) is 0 Å². The lowest BCUT2D eigenvalue weighted by Crippen LogP contribution is -2.25. The molecule has 0 fully saturated rings. The van der Waals surface area contributed by atoms with E-state index < -0.39 is 0 Å². The predicted octanol–water partition coefficient (Wildman–Crippen LogP) is 3.10. The molecule has 2 N–H and O–H groups in total. The van der Waals surface area contributed by atoms with E-state index in [-0.39, 0.29) is 12.5 Å². The first kappa shape index (κ1) is 19.3. The Labute approximate surface area is 154 Å². The minimum absolute atomic E-state index is 0.143. The van der Waals surface area contributed by atoms with Crippen molar-refractivity contribution in [1.82, 2.24) is 5.43 Å². The van der Waals surface area contributed by atoms with Gasteiger partial charge in [0.2, 0.25) is 0 Å². The molecule has 0 heterocycles. The fraction of sp³-hybridized carbons (Fsp3) is 0.300. The minimum Gasteiger partial charge on any atom is -0.497 e. The fourth-order valence-corrected chi connectivity index (χ4v) is 2.47. The first-order chi connectivity index (χ1) is 12.7. The standard InChI is InChI=1S/C20H26N4O2/c1-4-24(5-2)18-10-6-16(7-11-18)14-22-23-20(25)15-21-17-8-12-19(26-3)13-9-17/h6-14,21H,4-5,15H2,1-3H3,(H,23,25)/b22-14+. The van der Waals surface area contributed by atoms with Crippen LogP contribution in [0, 0.1) is 0 Å². The third-order valence-corrected chi connectivity index (χ3v) is 3.97. The van der Waals surface area contributed by atoms with Gasteiger partial charge in [-0.1, -0.05) is 12.1 Å². The second-order valence-corrected chi connectivity index (χ2v) is 5.64. The third-order valence-electron chi connectivity index (χ3n) is 3.97. The molecule has 6 heteroatoms. The van der Waals surface area contributed by atoms with Gasteiger partial charge in [-0.25, -0.2) is 5.43 Å². The predicted molar refractivity (Wildman–Crippen MR) is 107 cm³/mol. The van der Waals surface area contributed by atoms with E-state index in [0.717, 1.165) is 30.1 Å². The smallest absolute Gasteiger partial charge is 0.259 e. The number of methoxy groups -OCH3 is 1. The maximum absolute atomic E-state index is 11.8. The van der Waals surface area contributed by atoms with E-state index in [1.807, 2.05) is 36.4 Å². The number of nitrogens with one attached hydrogen (secondary N) is 2. The van der Waals surface area contributed by atoms with Gasteiger partial charge in [-0.3, -0.25) is 4.79 Å². The molecule has 0 saturated carbocycles. The summed E-state index contributed by atoms with van der Waals surface area (Å²) in [4.78, 5) is 14.1. The van der Waals surface area contributed by atoms with E-state index in [4.69, 9.17) is 4.74 Å². The number of hydrogen-bond donors (Lipinski definition) is 2. The molecule has 2 aromatic rings. The molecule has 2 aromatic carbocycles. The number of benzene rings is 2. The van der Waals surface area contributed by atoms with Gasteiger partial charge in [-0.2, -0.15) is 5.10 Å². The number of ether oxygens (including phenoxy) is 1. The fourth-order valence-electron chi connectivity index (χ4n) is 2.47. The zero-order valence-corrected chi connectivity index (χ0v) is 15.5. The van der Waals surface area contributed by atoms with Crippen molar-refractivity contribution in [2.75, 3.05) is 37.0 Å². The van der Waals surface area contributed by atoms with Gasteiger partial charge >= 0.3 is 0 Å². The SMILES string of the molecule is CCN(CC)c1ccc(/C=N/NC(=O)CNc2ccc(OC)cc2)cc1. The van der Waals surface area contributed by atoms with Crippen molar-refractivity contribution in [1.29, 1.82) is 0 Å². The van der Waals surface area contributed by atoms with Crippen molar-refractivity contribution in [2.24, 2.45) is 5.10 Å². The maximum atomic E-state index is 11.8. The second-order valence-electron chi connectivity index (χ2n) is 5.64. The van der Waals surface area contributed by atoms with Crippen LogP contribution in [-0.4, -0.2) is 38.9 Å². The molecule has 6 nitrogen and oxygen atoms in total. The van der Waals surface area contributed by atoms with Gasteiger partial charge in [-0.05, 0) is 55.8 Å². The summed E-state index contributed by atoms with van der Waals surface area (Å²) >= 11 is 0. The lowest BCUT2D eigenvalue weighted by atomic mass is 10.2. The van der Waals surface area contributed by atoms with Crippen molar-refractivity contribution in [2.45, 2.75) is 13.8 Å². The number of rotatable bonds is 9. The van der Waals surface area contributed by atoms with Gasteiger partial charge in [0.25, 0.3) is 5.91 Å². The average molecular weight is 354 g/mol. The van der Waals surface area contributed by atoms with Crippen LogP contribution in [-0.2, 0) is 4.79 Å². The zero-order chi connectivity index (χ0) is 18.8. The summed E-state index contributed by atoms with van der Waals surface area (Å²) in [5.41, 5.74) is 5.48. The Morgan fingerprint density at radius 3 is 2.31 bits per heavy atom. The van der Waals surface area contributed by atoms with Crippen molar-refractivity contribution in [3.05, 3.63) is 54.1 Å². The monoisotopic (exact) mass is 354 g/mol. The lowest BCUT2D eigenvalue weighted by molar-refractivity contribution is -0.119. The highest BCUT2D eigenvalue weighted by atomic mass is 16.5. The van der Waals surface area contributed by atoms with E-state index in [0.29, 0.717) is 0 Å². The molecule has 138 valence electrons. The molecule has 26 heavy (non-hydrogen) atoms. The Morgan fingerprint density at radius 1 is 1.08 bits per heavy atom. The summed E-state index contributed by atoms with van der Waals surface area (Å²) in [5, 5.41) is 7.03. The van der Waals surface area contributed by atoms with Crippen LogP contribution in [0.5, 0.6) is 5.75 Å². The molecule has 0 aliphatic carbocycles. The molecule has 0 unspecified atom stereocenters. The van der Waals surface area contributed by atoms with Crippen molar-refractivity contribution < 1.29 is 9.53 Å². The number of nitrogens with zero attached hydrogens (tertiary/aromatic N) is 2. The van der Waals surface area contributed by atoms with Crippen LogP contribution in [0.15, 0.2) is 53.6 Å². The highest BCUT2D eigenvalue weighted by Crippen LogP contribution is 2.15. The summed E-state index contributed by atoms with van der Waals surface area (Å²) in [6.45, 7) is 6.36. The van der Waals surface area contributed by atoms with Gasteiger partial charge in [0.05, 0.1) is 19.9 Å². The number of amides is 1. The van der Waals surface area contributed by atoms with Gasteiger partial charge in [0, 0.05) is 24.5 Å². The number of carbonyl (C=O) groups is 1. The van der Waals surface area contributed by atoms with Crippen molar-refractivity contribution >= 4 is 23.5 Å². The Kier molecular flexibility index (Phi) is 7.49. The minimum atomic E-state index is -0.211. The summed E-state index contributed by atoms with van der Waals surface area (Å²) in [5.74, 6) is 0.563. The average Bonchev–Trinajstić information content (AvgIpc) is 2.69. The van der Waals surface area contributed by atoms with E-state index in [1.54, 1.807) is 13.3 Å². The largest absolute Gasteiger partial charge is 0.497 e. The van der Waals surface area contributed by atoms with Crippen LogP contribution in [0.2, 0.25) is 0 Å². The first-order valence-corrected chi connectivity index (χ1v) is 8.71. The van der Waals surface area contributed by atoms with Gasteiger partial charge in [-0.15, -0.1) is 0 Å². The molecule has 0 saturated heterocycles. The molecule has 0 spiro atoms. The lowest BCUT2D eigenvalue weighted by Gasteiger charge is -2.20. The van der Waals surface area contributed by atoms with Crippen molar-refractivity contribution in [3.8, 4) is 5.75 Å². The quantitative estimate of drug-likeness (QED) is 0.536. The van der Waals surface area contributed by atoms with Crippen LogP contribution in [0.25, 0.3) is 0 Å². The molecular formula is C20H26N4O2. The zero-order valence-electron chi connectivity index (χ0n) is 15.5. The van der Waals surface area contributed by atoms with E-state index in [9.17, 15) is 4.79 Å². The van der Waals surface area contributed by atoms with E-state index in [1.165, 1.54) is 5.69 Å². The highest BCUT2D eigenvalue weighted by molar-refractivity contribution is 5.84. The molecule has 0 aliphatic heterocycles. The second kappa shape index (κ2) is 10.1. The molecule has 0 aromatic heterocycles. The Balaban J connectivity index is 1.78. The van der Waals surface area contributed by atoms with E-state index in [2.05, 4.69) is 46.7 Å². The summed E-state index contributed by atoms with van der Waals surface area (Å²) in [6.07, 6.45) is 1.64. The van der Waals surface area contributed by atoms with Crippen LogP contribution in [0.1, 0.15) is 19.4 Å². The van der Waals surface area contributed by atoms with Crippen LogP contribution < -0.4 is 20.4 Å². The number of hydrazone groups is 1. The first-order valence-electron chi connectivity index (χ1n) is 8.71. The van der Waals surface area contributed by atoms with Crippen LogP contribution in [0.4, 0.5) is 11.4 Å². The molecule has 2 rings (SSSR count). The normalized spacial score (nSPS) is 10.6. The molecule has 0 bridgehead atoms. The number of anilines is 2. The van der Waals surface area contributed by atoms with Gasteiger partial charge in [0.1, 0.15) is 5.75 Å². The number of carbonyl (C=O) groups excluding carboxylic acids is 1. The summed E-state index contributed by atoms with van der Waals surface area (Å²) < 4.78 is 5.09. The van der Waals surface area contributed by atoms with Crippen LogP contribution in [0.3, 0.4) is 0 Å². The third kappa shape index (κ3) is 5.81. The van der Waals surface area contributed by atoms with Gasteiger partial charge < -0.3 is 15.0 Å². The molecule has 0 radical (unpaired) electrons. The van der Waals surface area contributed by atoms with Crippen LogP contribution >= 0.6 is 0 Å². The highest BCUT2D eigenvalue weighted by Gasteiger charge is 2.01. The topological polar surface area (TPSA) is 66.0 Å².